The molecule has 0 aliphatic carbocycles. The molecule has 2 aliphatic rings. The highest BCUT2D eigenvalue weighted by atomic mass is 31.2. The first-order valence-corrected chi connectivity index (χ1v) is 8.25. The van der Waals surface area contributed by atoms with E-state index in [-0.39, 0.29) is 11.5 Å². The van der Waals surface area contributed by atoms with Gasteiger partial charge in [-0.1, -0.05) is 6.07 Å². The minimum absolute atomic E-state index is 0.0501. The van der Waals surface area contributed by atoms with Gasteiger partial charge in [-0.05, 0) is 11.6 Å². The summed E-state index contributed by atoms with van der Waals surface area (Å²) in [5, 5.41) is 3.33. The van der Waals surface area contributed by atoms with Crippen molar-refractivity contribution in [2.45, 2.75) is 12.6 Å². The third kappa shape index (κ3) is 2.79. The molecule has 1 aromatic rings. The molecule has 3 heterocycles. The lowest BCUT2D eigenvalue weighted by molar-refractivity contribution is 0.0137. The van der Waals surface area contributed by atoms with Crippen molar-refractivity contribution in [1.82, 2.24) is 15.2 Å². The molecule has 0 aromatic carbocycles. The quantitative estimate of drug-likeness (QED) is 0.625. The van der Waals surface area contributed by atoms with Crippen molar-refractivity contribution in [2.24, 2.45) is 0 Å². The number of fused-ring (bicyclic) bond motifs is 1. The number of nitrogens with zero attached hydrogens (tertiary/aromatic N) is 2. The average molecular weight is 299 g/mol. The number of ether oxygens (including phenoxy) is 1. The van der Waals surface area contributed by atoms with Gasteiger partial charge in [0.25, 0.3) is 0 Å². The van der Waals surface area contributed by atoms with Crippen LogP contribution in [-0.2, 0) is 15.8 Å². The molecule has 0 bridgehead atoms. The summed E-state index contributed by atoms with van der Waals surface area (Å²) in [5.41, 5.74) is 1.65. The second-order valence-electron chi connectivity index (χ2n) is 5.05. The van der Waals surface area contributed by atoms with Crippen molar-refractivity contribution in [3.63, 3.8) is 0 Å². The molecule has 1 unspecified atom stereocenters. The van der Waals surface area contributed by atoms with Gasteiger partial charge in [-0.15, -0.1) is 0 Å². The van der Waals surface area contributed by atoms with Crippen molar-refractivity contribution in [3.05, 3.63) is 23.4 Å². The number of hydrogen-bond acceptors (Lipinski definition) is 5. The molecule has 0 amide bonds. The maximum Gasteiger partial charge on any atom is 0.374 e. The maximum absolute atomic E-state index is 11.4. The first kappa shape index (κ1) is 14.1. The van der Waals surface area contributed by atoms with Crippen molar-refractivity contribution in [2.75, 3.05) is 32.8 Å². The normalized spacial score (nSPS) is 24.4. The van der Waals surface area contributed by atoms with E-state index in [1.165, 1.54) is 6.07 Å². The molecule has 1 aromatic heterocycles. The van der Waals surface area contributed by atoms with Crippen LogP contribution in [0.5, 0.6) is 0 Å². The Balaban J connectivity index is 1.95. The molecule has 1 saturated heterocycles. The number of rotatable bonds is 2. The molecule has 20 heavy (non-hydrogen) atoms. The van der Waals surface area contributed by atoms with Crippen LogP contribution >= 0.6 is 7.60 Å². The fourth-order valence-corrected chi connectivity index (χ4v) is 3.23. The van der Waals surface area contributed by atoms with Gasteiger partial charge in [0.05, 0.1) is 24.9 Å². The van der Waals surface area contributed by atoms with E-state index >= 15 is 0 Å². The molecule has 8 heteroatoms. The van der Waals surface area contributed by atoms with Crippen LogP contribution in [0, 0.1) is 0 Å². The molecule has 0 spiro atoms. The summed E-state index contributed by atoms with van der Waals surface area (Å²) in [5.74, 6) is 0. The molecule has 2 aliphatic heterocycles. The van der Waals surface area contributed by atoms with Crippen LogP contribution in [0.15, 0.2) is 12.1 Å². The number of pyridine rings is 1. The Labute approximate surface area is 117 Å². The van der Waals surface area contributed by atoms with Crippen molar-refractivity contribution >= 4 is 13.0 Å². The molecule has 1 atom stereocenters. The van der Waals surface area contributed by atoms with Crippen LogP contribution in [-0.4, -0.2) is 52.5 Å². The monoisotopic (exact) mass is 299 g/mol. The standard InChI is InChI=1S/C12H18N3O4P/c16-20(17,18)11-2-1-9-7-13-8-10(12(9)14-11)15-3-5-19-6-4-15/h1-2,10,13H,3-8H2,(H2,16,17,18). The second kappa shape index (κ2) is 5.52. The Hall–Kier alpha value is -0.820. The van der Waals surface area contributed by atoms with Gasteiger partial charge in [-0.25, -0.2) is 4.98 Å². The lowest BCUT2D eigenvalue weighted by Crippen LogP contribution is -2.46. The van der Waals surface area contributed by atoms with E-state index in [1.54, 1.807) is 6.07 Å². The van der Waals surface area contributed by atoms with E-state index in [0.29, 0.717) is 19.8 Å². The Morgan fingerprint density at radius 2 is 2.10 bits per heavy atom. The van der Waals surface area contributed by atoms with Gasteiger partial charge in [0.1, 0.15) is 0 Å². The number of morpholine rings is 1. The highest BCUT2D eigenvalue weighted by Crippen LogP contribution is 2.34. The molecular formula is C12H18N3O4P. The van der Waals surface area contributed by atoms with E-state index < -0.39 is 7.60 Å². The minimum Gasteiger partial charge on any atom is -0.379 e. The number of nitrogens with one attached hydrogen (secondary N) is 1. The largest absolute Gasteiger partial charge is 0.379 e. The van der Waals surface area contributed by atoms with Gasteiger partial charge in [0.2, 0.25) is 0 Å². The van der Waals surface area contributed by atoms with Gasteiger partial charge in [0.15, 0.2) is 5.44 Å². The van der Waals surface area contributed by atoms with Gasteiger partial charge in [-0.2, -0.15) is 0 Å². The van der Waals surface area contributed by atoms with E-state index in [2.05, 4.69) is 15.2 Å². The summed E-state index contributed by atoms with van der Waals surface area (Å²) in [4.78, 5) is 25.1. The van der Waals surface area contributed by atoms with Crippen molar-refractivity contribution < 1.29 is 19.1 Å². The van der Waals surface area contributed by atoms with Crippen LogP contribution in [0.25, 0.3) is 0 Å². The Morgan fingerprint density at radius 1 is 1.35 bits per heavy atom. The van der Waals surface area contributed by atoms with Crippen molar-refractivity contribution in [1.29, 1.82) is 0 Å². The summed E-state index contributed by atoms with van der Waals surface area (Å²) in [7, 11) is -4.31. The SMILES string of the molecule is O=P(O)(O)c1ccc2c(n1)C(N1CCOCC1)CNC2. The van der Waals surface area contributed by atoms with E-state index in [0.717, 1.165) is 30.9 Å². The lowest BCUT2D eigenvalue weighted by Gasteiger charge is -2.37. The number of hydrogen-bond donors (Lipinski definition) is 3. The van der Waals surface area contributed by atoms with Crippen LogP contribution in [0.1, 0.15) is 17.3 Å². The third-order valence-electron chi connectivity index (χ3n) is 3.75. The van der Waals surface area contributed by atoms with Crippen LogP contribution in [0.3, 0.4) is 0 Å². The molecular weight excluding hydrogens is 281 g/mol. The van der Waals surface area contributed by atoms with Crippen molar-refractivity contribution in [3.8, 4) is 0 Å². The van der Waals surface area contributed by atoms with Crippen LogP contribution in [0.2, 0.25) is 0 Å². The highest BCUT2D eigenvalue weighted by Gasteiger charge is 2.30. The minimum atomic E-state index is -4.31. The van der Waals surface area contributed by atoms with Gasteiger partial charge < -0.3 is 19.8 Å². The molecule has 0 radical (unpaired) electrons. The Morgan fingerprint density at radius 3 is 2.80 bits per heavy atom. The Bertz CT molecular complexity index is 542. The zero-order valence-corrected chi connectivity index (χ0v) is 11.9. The van der Waals surface area contributed by atoms with E-state index in [9.17, 15) is 14.4 Å². The maximum atomic E-state index is 11.4. The molecule has 0 saturated carbocycles. The zero-order chi connectivity index (χ0) is 14.2. The first-order chi connectivity index (χ1) is 9.55. The summed E-state index contributed by atoms with van der Waals surface area (Å²) in [6.45, 7) is 4.42. The fourth-order valence-electron chi connectivity index (χ4n) is 2.72. The predicted molar refractivity (Wildman–Crippen MR) is 72.8 cm³/mol. The first-order valence-electron chi connectivity index (χ1n) is 6.64. The lowest BCUT2D eigenvalue weighted by atomic mass is 10.0. The number of aromatic nitrogens is 1. The molecule has 110 valence electrons. The summed E-state index contributed by atoms with van der Waals surface area (Å²) in [6.07, 6.45) is 0. The molecule has 3 rings (SSSR count). The molecule has 3 N–H and O–H groups in total. The molecule has 7 nitrogen and oxygen atoms in total. The van der Waals surface area contributed by atoms with E-state index in [1.807, 2.05) is 0 Å². The smallest absolute Gasteiger partial charge is 0.374 e. The van der Waals surface area contributed by atoms with Crippen LogP contribution in [0.4, 0.5) is 0 Å². The van der Waals surface area contributed by atoms with Gasteiger partial charge in [-0.3, -0.25) is 9.46 Å². The zero-order valence-electron chi connectivity index (χ0n) is 11.0. The van der Waals surface area contributed by atoms with Gasteiger partial charge in [0, 0.05) is 26.2 Å². The third-order valence-corrected chi connectivity index (χ3v) is 4.60. The second-order valence-corrected chi connectivity index (χ2v) is 6.60. The summed E-state index contributed by atoms with van der Waals surface area (Å²) < 4.78 is 16.7. The summed E-state index contributed by atoms with van der Waals surface area (Å²) >= 11 is 0. The van der Waals surface area contributed by atoms with E-state index in [4.69, 9.17) is 4.74 Å². The average Bonchev–Trinajstić information content (AvgIpc) is 2.46. The van der Waals surface area contributed by atoms with Gasteiger partial charge >= 0.3 is 7.60 Å². The topological polar surface area (TPSA) is 94.9 Å². The summed E-state index contributed by atoms with van der Waals surface area (Å²) in [6, 6.07) is 3.23. The fraction of sp³-hybridized carbons (Fsp3) is 0.583. The highest BCUT2D eigenvalue weighted by molar-refractivity contribution is 7.60. The van der Waals surface area contributed by atoms with Crippen LogP contribution < -0.4 is 10.8 Å². The predicted octanol–water partition coefficient (Wildman–Crippen LogP) is -0.639. The molecule has 1 fully saturated rings. The Kier molecular flexibility index (Phi) is 3.90.